The van der Waals surface area contributed by atoms with Gasteiger partial charge in [-0.1, -0.05) is 5.11 Å². The molecule has 2 unspecified atom stereocenters. The first-order chi connectivity index (χ1) is 6.74. The van der Waals surface area contributed by atoms with Crippen LogP contribution in [0.15, 0.2) is 5.11 Å². The first kappa shape index (κ1) is 10.8. The monoisotopic (exact) mass is 198 g/mol. The summed E-state index contributed by atoms with van der Waals surface area (Å²) >= 11 is 0. The van der Waals surface area contributed by atoms with Gasteiger partial charge < -0.3 is 10.1 Å². The average Bonchev–Trinajstić information content (AvgIpc) is 2.59. The first-order valence-electron chi connectivity index (χ1n) is 4.68. The third-order valence-electron chi connectivity index (χ3n) is 2.10. The molecule has 0 radical (unpaired) electrons. The number of nitrogens with zero attached hydrogens (tertiary/aromatic N) is 3. The third kappa shape index (κ3) is 3.24. The molecule has 1 aliphatic rings. The fraction of sp³-hybridized carbons (Fsp3) is 0.875. The normalized spacial score (nSPS) is 25.5. The molecule has 2 atom stereocenters. The van der Waals surface area contributed by atoms with Gasteiger partial charge in [0.1, 0.15) is 6.10 Å². The van der Waals surface area contributed by atoms with Crippen molar-refractivity contribution in [1.82, 2.24) is 5.32 Å². The third-order valence-corrected chi connectivity index (χ3v) is 2.10. The van der Waals surface area contributed by atoms with Crippen LogP contribution in [0.5, 0.6) is 0 Å². The highest BCUT2D eigenvalue weighted by Gasteiger charge is 2.27. The van der Waals surface area contributed by atoms with Crippen LogP contribution >= 0.6 is 0 Å². The molecule has 1 N–H and O–H groups in total. The second-order valence-electron chi connectivity index (χ2n) is 3.26. The predicted octanol–water partition coefficient (Wildman–Crippen LogP) is 0.980. The van der Waals surface area contributed by atoms with Gasteiger partial charge >= 0.3 is 0 Å². The lowest BCUT2D eigenvalue weighted by atomic mass is 10.2. The summed E-state index contributed by atoms with van der Waals surface area (Å²) in [6, 6.07) is 0. The van der Waals surface area contributed by atoms with Gasteiger partial charge in [-0.15, -0.1) is 0 Å². The van der Waals surface area contributed by atoms with Crippen LogP contribution in [0.4, 0.5) is 0 Å². The molecule has 1 rings (SSSR count). The Labute approximate surface area is 82.2 Å². The molecule has 0 bridgehead atoms. The molecule has 6 nitrogen and oxygen atoms in total. The zero-order valence-electron chi connectivity index (χ0n) is 8.14. The van der Waals surface area contributed by atoms with Crippen LogP contribution in [-0.2, 0) is 9.53 Å². The van der Waals surface area contributed by atoms with Crippen molar-refractivity contribution >= 4 is 5.91 Å². The molecule has 1 heterocycles. The maximum atomic E-state index is 11.4. The maximum Gasteiger partial charge on any atom is 0.249 e. The zero-order valence-corrected chi connectivity index (χ0v) is 8.14. The number of ether oxygens (including phenoxy) is 1. The summed E-state index contributed by atoms with van der Waals surface area (Å²) in [4.78, 5) is 14.0. The molecule has 1 amide bonds. The van der Waals surface area contributed by atoms with Crippen LogP contribution in [0.2, 0.25) is 0 Å². The van der Waals surface area contributed by atoms with Gasteiger partial charge in [-0.25, -0.2) is 0 Å². The standard InChI is InChI=1S/C8H14N4O2/c1-6-2-3-7(14-6)8(13)10-4-5-11-12-9/h6-7H,2-5H2,1H3,(H,10,13). The highest BCUT2D eigenvalue weighted by Crippen LogP contribution is 2.18. The van der Waals surface area contributed by atoms with Crippen molar-refractivity contribution < 1.29 is 9.53 Å². The summed E-state index contributed by atoms with van der Waals surface area (Å²) in [7, 11) is 0. The molecule has 1 saturated heterocycles. The molecule has 1 fully saturated rings. The van der Waals surface area contributed by atoms with Crippen molar-refractivity contribution in [3.63, 3.8) is 0 Å². The Morgan fingerprint density at radius 2 is 2.50 bits per heavy atom. The van der Waals surface area contributed by atoms with E-state index in [4.69, 9.17) is 10.3 Å². The Balaban J connectivity index is 2.18. The van der Waals surface area contributed by atoms with E-state index in [1.165, 1.54) is 0 Å². The molecular formula is C8H14N4O2. The van der Waals surface area contributed by atoms with E-state index in [1.807, 2.05) is 6.92 Å². The van der Waals surface area contributed by atoms with Gasteiger partial charge in [0.25, 0.3) is 0 Å². The van der Waals surface area contributed by atoms with Crippen molar-refractivity contribution in [2.24, 2.45) is 5.11 Å². The summed E-state index contributed by atoms with van der Waals surface area (Å²) in [5.74, 6) is -0.109. The van der Waals surface area contributed by atoms with Gasteiger partial charge in [-0.05, 0) is 25.3 Å². The number of nitrogens with one attached hydrogen (secondary N) is 1. The molecule has 0 spiro atoms. The topological polar surface area (TPSA) is 87.1 Å². The number of hydrogen-bond acceptors (Lipinski definition) is 3. The molecule has 1 aliphatic heterocycles. The summed E-state index contributed by atoms with van der Waals surface area (Å²) in [6.45, 7) is 2.61. The van der Waals surface area contributed by atoms with Gasteiger partial charge in [-0.3, -0.25) is 4.79 Å². The van der Waals surface area contributed by atoms with Gasteiger partial charge in [0.05, 0.1) is 6.10 Å². The lowest BCUT2D eigenvalue weighted by Crippen LogP contribution is -2.35. The molecule has 0 aromatic carbocycles. The summed E-state index contributed by atoms with van der Waals surface area (Å²) in [6.07, 6.45) is 1.54. The maximum absolute atomic E-state index is 11.4. The van der Waals surface area contributed by atoms with E-state index in [1.54, 1.807) is 0 Å². The van der Waals surface area contributed by atoms with Crippen molar-refractivity contribution in [3.8, 4) is 0 Å². The first-order valence-corrected chi connectivity index (χ1v) is 4.68. The van der Waals surface area contributed by atoms with Gasteiger partial charge in [-0.2, -0.15) is 0 Å². The van der Waals surface area contributed by atoms with Crippen molar-refractivity contribution in [2.45, 2.75) is 32.0 Å². The Morgan fingerprint density at radius 1 is 1.71 bits per heavy atom. The molecule has 6 heteroatoms. The van der Waals surface area contributed by atoms with Crippen LogP contribution in [0, 0.1) is 0 Å². The van der Waals surface area contributed by atoms with E-state index in [-0.39, 0.29) is 24.7 Å². The number of amides is 1. The lowest BCUT2D eigenvalue weighted by Gasteiger charge is -2.10. The average molecular weight is 198 g/mol. The second kappa shape index (κ2) is 5.47. The Hall–Kier alpha value is -1.26. The molecule has 0 aliphatic carbocycles. The van der Waals surface area contributed by atoms with E-state index in [0.717, 1.165) is 12.8 Å². The fourth-order valence-corrected chi connectivity index (χ4v) is 1.38. The lowest BCUT2D eigenvalue weighted by molar-refractivity contribution is -0.131. The zero-order chi connectivity index (χ0) is 10.4. The van der Waals surface area contributed by atoms with Crippen molar-refractivity contribution in [2.75, 3.05) is 13.1 Å². The minimum Gasteiger partial charge on any atom is -0.365 e. The summed E-state index contributed by atoms with van der Waals surface area (Å²) in [5, 5.41) is 5.96. The Morgan fingerprint density at radius 3 is 3.07 bits per heavy atom. The second-order valence-corrected chi connectivity index (χ2v) is 3.26. The number of hydrogen-bond donors (Lipinski definition) is 1. The number of carbonyl (C=O) groups is 1. The largest absolute Gasteiger partial charge is 0.365 e. The van der Waals surface area contributed by atoms with Gasteiger partial charge in [0.15, 0.2) is 0 Å². The minimum atomic E-state index is -0.323. The van der Waals surface area contributed by atoms with Crippen LogP contribution in [0.25, 0.3) is 10.4 Å². The smallest absolute Gasteiger partial charge is 0.249 e. The van der Waals surface area contributed by atoms with Crippen LogP contribution in [-0.4, -0.2) is 31.2 Å². The quantitative estimate of drug-likeness (QED) is 0.316. The van der Waals surface area contributed by atoms with E-state index >= 15 is 0 Å². The minimum absolute atomic E-state index is 0.109. The fourth-order valence-electron chi connectivity index (χ4n) is 1.38. The highest BCUT2D eigenvalue weighted by molar-refractivity contribution is 5.80. The molecule has 0 aromatic rings. The van der Waals surface area contributed by atoms with E-state index < -0.39 is 0 Å². The molecule has 78 valence electrons. The summed E-state index contributed by atoms with van der Waals surface area (Å²) < 4.78 is 5.36. The van der Waals surface area contributed by atoms with Gasteiger partial charge in [0.2, 0.25) is 5.91 Å². The van der Waals surface area contributed by atoms with Crippen LogP contribution in [0.3, 0.4) is 0 Å². The van der Waals surface area contributed by atoms with Gasteiger partial charge in [0, 0.05) is 18.0 Å². The molecule has 14 heavy (non-hydrogen) atoms. The van der Waals surface area contributed by atoms with Crippen LogP contribution < -0.4 is 5.32 Å². The summed E-state index contributed by atoms with van der Waals surface area (Å²) in [5.41, 5.74) is 8.00. The predicted molar refractivity (Wildman–Crippen MR) is 50.6 cm³/mol. The Kier molecular flexibility index (Phi) is 4.22. The van der Waals surface area contributed by atoms with E-state index in [9.17, 15) is 4.79 Å². The van der Waals surface area contributed by atoms with E-state index in [0.29, 0.717) is 6.54 Å². The molecule has 0 saturated carbocycles. The highest BCUT2D eigenvalue weighted by atomic mass is 16.5. The van der Waals surface area contributed by atoms with Crippen LogP contribution in [0.1, 0.15) is 19.8 Å². The number of azide groups is 1. The Bertz CT molecular complexity index is 250. The molecular weight excluding hydrogens is 184 g/mol. The SMILES string of the molecule is CC1CCC(C(=O)NCCN=[N+]=[N-])O1. The van der Waals surface area contributed by atoms with Crippen molar-refractivity contribution in [1.29, 1.82) is 0 Å². The number of carbonyl (C=O) groups excluding carboxylic acids is 1. The molecule has 0 aromatic heterocycles. The van der Waals surface area contributed by atoms with E-state index in [2.05, 4.69) is 15.3 Å². The number of rotatable bonds is 4. The van der Waals surface area contributed by atoms with Crippen molar-refractivity contribution in [3.05, 3.63) is 10.4 Å².